The Bertz CT molecular complexity index is 653. The second kappa shape index (κ2) is 5.82. The molecule has 9 heteroatoms. The van der Waals surface area contributed by atoms with Gasteiger partial charge in [-0.3, -0.25) is 0 Å². The molecular formula is C12H18N2O5S2. The van der Waals surface area contributed by atoms with Gasteiger partial charge in [0.25, 0.3) is 0 Å². The fourth-order valence-electron chi connectivity index (χ4n) is 2.24. The number of carbonyl (C=O) groups excluding carboxylic acids is 1. The third kappa shape index (κ3) is 2.85. The van der Waals surface area contributed by atoms with E-state index in [9.17, 15) is 18.3 Å². The molecule has 1 unspecified atom stereocenters. The van der Waals surface area contributed by atoms with Gasteiger partial charge in [-0.25, -0.2) is 13.2 Å². The van der Waals surface area contributed by atoms with Gasteiger partial charge in [0.05, 0.1) is 24.7 Å². The van der Waals surface area contributed by atoms with Crippen LogP contribution in [-0.2, 0) is 14.6 Å². The molecule has 0 saturated carbocycles. The van der Waals surface area contributed by atoms with Crippen LogP contribution in [-0.4, -0.2) is 51.5 Å². The molecule has 0 aromatic carbocycles. The standard InChI is InChI=1S/C12H18N2O5S2/c1-3-21(17,18)10-8(13)9(12(16)19-2)20-11(10)14-5-4-7(15)6-14/h7,15H,3-6,13H2,1-2H3. The molecule has 0 aliphatic carbocycles. The first-order valence-electron chi connectivity index (χ1n) is 6.48. The number of rotatable bonds is 4. The number of anilines is 2. The molecule has 118 valence electrons. The van der Waals surface area contributed by atoms with Crippen LogP contribution >= 0.6 is 11.3 Å². The largest absolute Gasteiger partial charge is 0.465 e. The summed E-state index contributed by atoms with van der Waals surface area (Å²) in [5.41, 5.74) is 5.82. The first-order chi connectivity index (χ1) is 9.81. The van der Waals surface area contributed by atoms with E-state index in [0.29, 0.717) is 24.5 Å². The van der Waals surface area contributed by atoms with Gasteiger partial charge >= 0.3 is 5.97 Å². The van der Waals surface area contributed by atoms with Gasteiger partial charge in [-0.15, -0.1) is 11.3 Å². The average molecular weight is 334 g/mol. The van der Waals surface area contributed by atoms with Gasteiger partial charge in [0.1, 0.15) is 14.8 Å². The zero-order valence-electron chi connectivity index (χ0n) is 11.8. The van der Waals surface area contributed by atoms with E-state index in [0.717, 1.165) is 11.3 Å². The van der Waals surface area contributed by atoms with Gasteiger partial charge in [0.15, 0.2) is 9.84 Å². The molecule has 1 aromatic heterocycles. The highest BCUT2D eigenvalue weighted by molar-refractivity contribution is 7.92. The summed E-state index contributed by atoms with van der Waals surface area (Å²) < 4.78 is 29.2. The van der Waals surface area contributed by atoms with Gasteiger partial charge in [-0.05, 0) is 6.42 Å². The minimum atomic E-state index is -3.58. The number of thiophene rings is 1. The number of nitrogens with two attached hydrogens (primary N) is 1. The van der Waals surface area contributed by atoms with Gasteiger partial charge in [-0.2, -0.15) is 0 Å². The number of nitrogen functional groups attached to an aromatic ring is 1. The van der Waals surface area contributed by atoms with Crippen LogP contribution in [0.15, 0.2) is 4.90 Å². The lowest BCUT2D eigenvalue weighted by Gasteiger charge is -2.17. The van der Waals surface area contributed by atoms with Gasteiger partial charge < -0.3 is 20.5 Å². The molecule has 3 N–H and O–H groups in total. The molecule has 0 radical (unpaired) electrons. The van der Waals surface area contributed by atoms with Crippen molar-refractivity contribution in [2.45, 2.75) is 24.3 Å². The summed E-state index contributed by atoms with van der Waals surface area (Å²) in [7, 11) is -2.36. The van der Waals surface area contributed by atoms with E-state index in [1.54, 1.807) is 4.90 Å². The van der Waals surface area contributed by atoms with E-state index >= 15 is 0 Å². The molecule has 7 nitrogen and oxygen atoms in total. The van der Waals surface area contributed by atoms with Crippen molar-refractivity contribution in [1.29, 1.82) is 0 Å². The van der Waals surface area contributed by atoms with Crippen molar-refractivity contribution in [3.8, 4) is 0 Å². The van der Waals surface area contributed by atoms with Crippen molar-refractivity contribution in [1.82, 2.24) is 0 Å². The number of methoxy groups -OCH3 is 1. The zero-order valence-corrected chi connectivity index (χ0v) is 13.5. The lowest BCUT2D eigenvalue weighted by Crippen LogP contribution is -2.22. The smallest absolute Gasteiger partial charge is 0.350 e. The molecule has 2 rings (SSSR count). The van der Waals surface area contributed by atoms with Crippen LogP contribution in [0.5, 0.6) is 0 Å². The van der Waals surface area contributed by atoms with E-state index < -0.39 is 21.9 Å². The van der Waals surface area contributed by atoms with Crippen LogP contribution < -0.4 is 10.6 Å². The number of sulfone groups is 1. The third-order valence-corrected chi connectivity index (χ3v) is 6.57. The molecule has 0 bridgehead atoms. The summed E-state index contributed by atoms with van der Waals surface area (Å²) in [6, 6.07) is 0. The Hall–Kier alpha value is -1.32. The van der Waals surface area contributed by atoms with Crippen LogP contribution in [0.3, 0.4) is 0 Å². The molecule has 1 saturated heterocycles. The number of carbonyl (C=O) groups is 1. The van der Waals surface area contributed by atoms with E-state index in [1.807, 2.05) is 0 Å². The minimum Gasteiger partial charge on any atom is -0.465 e. The molecule has 0 amide bonds. The minimum absolute atomic E-state index is 0.0236. The van der Waals surface area contributed by atoms with Crippen LogP contribution in [0.25, 0.3) is 0 Å². The first-order valence-corrected chi connectivity index (χ1v) is 8.95. The molecule has 1 atom stereocenters. The van der Waals surface area contributed by atoms with Crippen molar-refractivity contribution >= 4 is 37.8 Å². The Morgan fingerprint density at radius 1 is 1.57 bits per heavy atom. The predicted octanol–water partition coefficient (Wildman–Crippen LogP) is 0.482. The van der Waals surface area contributed by atoms with E-state index in [-0.39, 0.29) is 21.2 Å². The second-order valence-electron chi connectivity index (χ2n) is 4.76. The summed E-state index contributed by atoms with van der Waals surface area (Å²) in [5, 5.41) is 10.0. The van der Waals surface area contributed by atoms with Crippen molar-refractivity contribution in [2.75, 3.05) is 36.6 Å². The number of hydrogen-bond acceptors (Lipinski definition) is 8. The summed E-state index contributed by atoms with van der Waals surface area (Å²) in [6.07, 6.45) is 0.0452. The number of esters is 1. The van der Waals surface area contributed by atoms with Crippen LogP contribution in [0, 0.1) is 0 Å². The number of nitrogens with zero attached hydrogens (tertiary/aromatic N) is 1. The van der Waals surface area contributed by atoms with Crippen LogP contribution in [0.2, 0.25) is 0 Å². The summed E-state index contributed by atoms with van der Waals surface area (Å²) in [6.45, 7) is 2.37. The highest BCUT2D eigenvalue weighted by Gasteiger charge is 2.34. The highest BCUT2D eigenvalue weighted by Crippen LogP contribution is 2.43. The van der Waals surface area contributed by atoms with Gasteiger partial charge in [0.2, 0.25) is 0 Å². The molecule has 1 aliphatic heterocycles. The lowest BCUT2D eigenvalue weighted by molar-refractivity contribution is 0.0607. The predicted molar refractivity (Wildman–Crippen MR) is 80.6 cm³/mol. The van der Waals surface area contributed by atoms with Gasteiger partial charge in [0, 0.05) is 13.1 Å². The molecule has 1 aromatic rings. The fraction of sp³-hybridized carbons (Fsp3) is 0.583. The number of ether oxygens (including phenoxy) is 1. The monoisotopic (exact) mass is 334 g/mol. The Balaban J connectivity index is 2.60. The number of hydrogen-bond donors (Lipinski definition) is 2. The topological polar surface area (TPSA) is 110 Å². The van der Waals surface area contributed by atoms with Crippen molar-refractivity contribution in [3.05, 3.63) is 4.88 Å². The normalized spacial score (nSPS) is 19.0. The third-order valence-electron chi connectivity index (χ3n) is 3.39. The van der Waals surface area contributed by atoms with E-state index in [1.165, 1.54) is 14.0 Å². The highest BCUT2D eigenvalue weighted by atomic mass is 32.2. The zero-order chi connectivity index (χ0) is 15.8. The Labute approximate surface area is 127 Å². The Morgan fingerprint density at radius 2 is 2.24 bits per heavy atom. The summed E-state index contributed by atoms with van der Waals surface area (Å²) in [4.78, 5) is 13.6. The lowest BCUT2D eigenvalue weighted by atomic mass is 10.3. The van der Waals surface area contributed by atoms with Crippen LogP contribution in [0.1, 0.15) is 23.0 Å². The molecule has 0 spiro atoms. The Morgan fingerprint density at radius 3 is 2.71 bits per heavy atom. The summed E-state index contributed by atoms with van der Waals surface area (Å²) >= 11 is 0.996. The number of aliphatic hydroxyl groups is 1. The number of β-amino-alcohol motifs (C(OH)–C–C–N with tert-alkyl or cyclic N) is 1. The summed E-state index contributed by atoms with van der Waals surface area (Å²) in [5.74, 6) is -0.770. The quantitative estimate of drug-likeness (QED) is 0.771. The first kappa shape index (κ1) is 16.1. The Kier molecular flexibility index (Phi) is 4.45. The average Bonchev–Trinajstić information content (AvgIpc) is 3.01. The van der Waals surface area contributed by atoms with E-state index in [2.05, 4.69) is 4.74 Å². The van der Waals surface area contributed by atoms with Gasteiger partial charge in [-0.1, -0.05) is 6.92 Å². The van der Waals surface area contributed by atoms with Crippen LogP contribution in [0.4, 0.5) is 10.7 Å². The van der Waals surface area contributed by atoms with Crippen molar-refractivity contribution in [3.63, 3.8) is 0 Å². The molecule has 2 heterocycles. The maximum atomic E-state index is 12.3. The molecule has 21 heavy (non-hydrogen) atoms. The SMILES string of the molecule is CCS(=O)(=O)c1c(N2CCC(O)C2)sc(C(=O)OC)c1N. The maximum absolute atomic E-state index is 12.3. The molecule has 1 aliphatic rings. The van der Waals surface area contributed by atoms with Crippen molar-refractivity contribution < 1.29 is 23.1 Å². The van der Waals surface area contributed by atoms with E-state index in [4.69, 9.17) is 5.73 Å². The molecular weight excluding hydrogens is 316 g/mol. The van der Waals surface area contributed by atoms with Crippen molar-refractivity contribution in [2.24, 2.45) is 0 Å². The molecule has 1 fully saturated rings. The number of aliphatic hydroxyl groups excluding tert-OH is 1. The maximum Gasteiger partial charge on any atom is 0.350 e. The fourth-order valence-corrected chi connectivity index (χ4v) is 5.00. The second-order valence-corrected chi connectivity index (χ2v) is 7.98.